The zero-order valence-electron chi connectivity index (χ0n) is 22.1. The molecule has 2 aliphatic rings. The minimum absolute atomic E-state index is 0.0849. The Balaban J connectivity index is 1.62. The highest BCUT2D eigenvalue weighted by Gasteiger charge is 2.43. The quantitative estimate of drug-likeness (QED) is 0.344. The smallest absolute Gasteiger partial charge is 0.416 e. The standard InChI is InChI=1S/C29H32F7NO3/c1-16-3-9-24(27(38)39)37(14-16)15-19-6-10-25(26(19)18-4-7-23(30)8-5-18)40-17(2)20-11-21(28(31,32)33)13-22(12-20)29(34,35)36/h4-5,7-8,11-13,16-17,19,24-26H,3,6,9-10,14-15H2,1-2H3,(H,38,39)/t16-,17-,19+,24+,25+,26+/m1/s1. The van der Waals surface area contributed by atoms with Crippen molar-refractivity contribution in [2.24, 2.45) is 11.8 Å². The van der Waals surface area contributed by atoms with Crippen LogP contribution in [0.15, 0.2) is 42.5 Å². The van der Waals surface area contributed by atoms with Crippen LogP contribution < -0.4 is 0 Å². The molecule has 0 spiro atoms. The molecule has 2 aromatic rings. The molecule has 1 aliphatic heterocycles. The number of aliphatic carboxylic acids is 1. The number of carboxylic acids is 1. The molecule has 1 saturated heterocycles. The summed E-state index contributed by atoms with van der Waals surface area (Å²) in [6, 6.07) is 6.56. The number of nitrogens with zero attached hydrogens (tertiary/aromatic N) is 1. The van der Waals surface area contributed by atoms with Gasteiger partial charge in [0.2, 0.25) is 0 Å². The summed E-state index contributed by atoms with van der Waals surface area (Å²) in [6.45, 7) is 4.49. The Morgan fingerprint density at radius 2 is 1.57 bits per heavy atom. The molecule has 1 saturated carbocycles. The van der Waals surface area contributed by atoms with Gasteiger partial charge in [-0.05, 0) is 85.9 Å². The van der Waals surface area contributed by atoms with Crippen LogP contribution in [0.4, 0.5) is 30.7 Å². The van der Waals surface area contributed by atoms with Gasteiger partial charge < -0.3 is 9.84 Å². The molecule has 0 amide bonds. The largest absolute Gasteiger partial charge is 0.480 e. The van der Waals surface area contributed by atoms with Gasteiger partial charge in [-0.3, -0.25) is 9.69 Å². The molecule has 1 N–H and O–H groups in total. The molecule has 40 heavy (non-hydrogen) atoms. The Morgan fingerprint density at radius 3 is 2.12 bits per heavy atom. The fourth-order valence-corrected chi connectivity index (χ4v) is 6.15. The predicted octanol–water partition coefficient (Wildman–Crippen LogP) is 7.69. The van der Waals surface area contributed by atoms with Crippen molar-refractivity contribution >= 4 is 5.97 Å². The SMILES string of the molecule is C[C@@H]1CC[C@@H](C(=O)O)N(C[C@@H]2CC[C@H](O[C@H](C)c3cc(C(F)(F)F)cc(C(F)(F)F)c3)[C@H]2c2ccc(F)cc2)C1. The molecule has 11 heteroatoms. The van der Waals surface area contributed by atoms with E-state index >= 15 is 0 Å². The molecule has 4 nitrogen and oxygen atoms in total. The van der Waals surface area contributed by atoms with E-state index in [4.69, 9.17) is 4.74 Å². The normalized spacial score (nSPS) is 27.1. The Kier molecular flexibility index (Phi) is 8.85. The van der Waals surface area contributed by atoms with E-state index < -0.39 is 53.5 Å². The lowest BCUT2D eigenvalue weighted by atomic mass is 9.85. The fraction of sp³-hybridized carbons (Fsp3) is 0.552. The number of rotatable bonds is 7. The van der Waals surface area contributed by atoms with E-state index in [1.807, 2.05) is 4.90 Å². The lowest BCUT2D eigenvalue weighted by molar-refractivity contribution is -0.146. The van der Waals surface area contributed by atoms with Gasteiger partial charge in [0.05, 0.1) is 23.3 Å². The van der Waals surface area contributed by atoms with E-state index in [2.05, 4.69) is 6.92 Å². The highest BCUT2D eigenvalue weighted by molar-refractivity contribution is 5.73. The Morgan fingerprint density at radius 1 is 0.975 bits per heavy atom. The Bertz CT molecular complexity index is 1150. The lowest BCUT2D eigenvalue weighted by Gasteiger charge is -2.39. The van der Waals surface area contributed by atoms with Crippen LogP contribution in [0.2, 0.25) is 0 Å². The van der Waals surface area contributed by atoms with E-state index in [1.165, 1.54) is 19.1 Å². The average molecular weight is 576 g/mol. The van der Waals surface area contributed by atoms with Gasteiger partial charge in [-0.2, -0.15) is 26.3 Å². The van der Waals surface area contributed by atoms with E-state index in [0.717, 1.165) is 12.0 Å². The van der Waals surface area contributed by atoms with Crippen LogP contribution in [0.5, 0.6) is 0 Å². The van der Waals surface area contributed by atoms with Crippen molar-refractivity contribution < 1.29 is 45.4 Å². The summed E-state index contributed by atoms with van der Waals surface area (Å²) in [5, 5.41) is 9.77. The first kappa shape index (κ1) is 30.3. The summed E-state index contributed by atoms with van der Waals surface area (Å²) in [5.74, 6) is -1.53. The number of halogens is 7. The third-order valence-electron chi connectivity index (χ3n) is 8.12. The first-order chi connectivity index (χ1) is 18.6. The van der Waals surface area contributed by atoms with Crippen molar-refractivity contribution in [2.45, 2.75) is 76.1 Å². The third kappa shape index (κ3) is 6.97. The van der Waals surface area contributed by atoms with Crippen molar-refractivity contribution in [1.29, 1.82) is 0 Å². The highest BCUT2D eigenvalue weighted by Crippen LogP contribution is 2.45. The van der Waals surface area contributed by atoms with Crippen LogP contribution >= 0.6 is 0 Å². The summed E-state index contributed by atoms with van der Waals surface area (Å²) < 4.78 is 100. The van der Waals surface area contributed by atoms with Gasteiger partial charge in [0, 0.05) is 19.0 Å². The maximum atomic E-state index is 13.7. The molecule has 0 radical (unpaired) electrons. The molecule has 2 aromatic carbocycles. The van der Waals surface area contributed by atoms with E-state index in [0.29, 0.717) is 50.4 Å². The molecule has 0 bridgehead atoms. The van der Waals surface area contributed by atoms with Crippen LogP contribution in [-0.4, -0.2) is 41.2 Å². The predicted molar refractivity (Wildman–Crippen MR) is 133 cm³/mol. The van der Waals surface area contributed by atoms with Crippen molar-refractivity contribution in [3.63, 3.8) is 0 Å². The van der Waals surface area contributed by atoms with Crippen LogP contribution in [0.3, 0.4) is 0 Å². The number of piperidine rings is 1. The monoisotopic (exact) mass is 575 g/mol. The molecular formula is C29H32F7NO3. The molecule has 1 aliphatic carbocycles. The summed E-state index contributed by atoms with van der Waals surface area (Å²) in [5.41, 5.74) is -2.35. The van der Waals surface area contributed by atoms with Crippen LogP contribution in [0.1, 0.15) is 73.8 Å². The van der Waals surface area contributed by atoms with Crippen molar-refractivity contribution in [3.05, 3.63) is 70.5 Å². The van der Waals surface area contributed by atoms with Gasteiger partial charge in [0.25, 0.3) is 0 Å². The van der Waals surface area contributed by atoms with Crippen LogP contribution in [0.25, 0.3) is 0 Å². The summed E-state index contributed by atoms with van der Waals surface area (Å²) >= 11 is 0. The molecule has 4 rings (SSSR count). The van der Waals surface area contributed by atoms with Crippen molar-refractivity contribution in [3.8, 4) is 0 Å². The van der Waals surface area contributed by atoms with Crippen molar-refractivity contribution in [1.82, 2.24) is 4.90 Å². The number of carboxylic acid groups (broad SMARTS) is 1. The van der Waals surface area contributed by atoms with Gasteiger partial charge in [-0.1, -0.05) is 19.1 Å². The molecule has 2 fully saturated rings. The molecule has 0 unspecified atom stereocenters. The van der Waals surface area contributed by atoms with E-state index in [9.17, 15) is 40.6 Å². The molecule has 0 aromatic heterocycles. The number of alkyl halides is 6. The van der Waals surface area contributed by atoms with Crippen molar-refractivity contribution in [2.75, 3.05) is 13.1 Å². The second-order valence-corrected chi connectivity index (χ2v) is 11.1. The third-order valence-corrected chi connectivity index (χ3v) is 8.12. The maximum absolute atomic E-state index is 13.7. The minimum atomic E-state index is -4.98. The van der Waals surface area contributed by atoms with E-state index in [-0.39, 0.29) is 23.5 Å². The fourth-order valence-electron chi connectivity index (χ4n) is 6.15. The Labute approximate surface area is 228 Å². The number of hydrogen-bond acceptors (Lipinski definition) is 3. The zero-order chi connectivity index (χ0) is 29.4. The van der Waals surface area contributed by atoms with Gasteiger partial charge in [0.1, 0.15) is 11.9 Å². The molecule has 220 valence electrons. The number of benzene rings is 2. The first-order valence-corrected chi connectivity index (χ1v) is 13.3. The number of ether oxygens (including phenoxy) is 1. The molecular weight excluding hydrogens is 543 g/mol. The van der Waals surface area contributed by atoms with E-state index in [1.54, 1.807) is 12.1 Å². The summed E-state index contributed by atoms with van der Waals surface area (Å²) in [6.07, 6.45) is -9.26. The molecule has 6 atom stereocenters. The van der Waals surface area contributed by atoms with Crippen LogP contribution in [-0.2, 0) is 21.9 Å². The maximum Gasteiger partial charge on any atom is 0.416 e. The second kappa shape index (κ2) is 11.7. The lowest BCUT2D eigenvalue weighted by Crippen LogP contribution is -2.49. The topological polar surface area (TPSA) is 49.8 Å². The number of carbonyl (C=O) groups is 1. The van der Waals surface area contributed by atoms with Crippen LogP contribution in [0, 0.1) is 17.7 Å². The van der Waals surface area contributed by atoms with Gasteiger partial charge in [-0.15, -0.1) is 0 Å². The summed E-state index contributed by atoms with van der Waals surface area (Å²) in [7, 11) is 0. The number of hydrogen-bond donors (Lipinski definition) is 1. The van der Waals surface area contributed by atoms with Gasteiger partial charge in [-0.25, -0.2) is 4.39 Å². The molecule has 1 heterocycles. The first-order valence-electron chi connectivity index (χ1n) is 13.3. The average Bonchev–Trinajstić information content (AvgIpc) is 3.24. The van der Waals surface area contributed by atoms with Gasteiger partial charge in [0.15, 0.2) is 0 Å². The minimum Gasteiger partial charge on any atom is -0.480 e. The summed E-state index contributed by atoms with van der Waals surface area (Å²) in [4.78, 5) is 13.9. The van der Waals surface area contributed by atoms with Gasteiger partial charge >= 0.3 is 18.3 Å². The Hall–Kier alpha value is -2.66. The highest BCUT2D eigenvalue weighted by atomic mass is 19.4. The zero-order valence-corrected chi connectivity index (χ0v) is 22.1. The second-order valence-electron chi connectivity index (χ2n) is 11.1. The number of likely N-dealkylation sites (tertiary alicyclic amines) is 1.